The number of phenols is 1. The zero-order valence-electron chi connectivity index (χ0n) is 15.4. The van der Waals surface area contributed by atoms with Crippen LogP contribution in [-0.4, -0.2) is 14.7 Å². The summed E-state index contributed by atoms with van der Waals surface area (Å²) in [6.45, 7) is 1.96. The van der Waals surface area contributed by atoms with Crippen LogP contribution in [0.1, 0.15) is 5.56 Å². The lowest BCUT2D eigenvalue weighted by molar-refractivity contribution is 0.477. The molecule has 3 N–H and O–H groups in total. The van der Waals surface area contributed by atoms with Gasteiger partial charge in [0.15, 0.2) is 0 Å². The Kier molecular flexibility index (Phi) is 3.59. The first kappa shape index (κ1) is 16.4. The molecule has 0 unspecified atom stereocenters. The van der Waals surface area contributed by atoms with Gasteiger partial charge in [-0.25, -0.2) is 4.98 Å². The van der Waals surface area contributed by atoms with E-state index in [-0.39, 0.29) is 5.75 Å². The van der Waals surface area contributed by atoms with E-state index < -0.39 is 0 Å². The minimum Gasteiger partial charge on any atom is -0.507 e. The van der Waals surface area contributed by atoms with Gasteiger partial charge < -0.3 is 10.8 Å². The summed E-state index contributed by atoms with van der Waals surface area (Å²) >= 11 is 0. The fraction of sp³-hybridized carbons (Fsp3) is 0.0417. The molecule has 3 aromatic carbocycles. The maximum atomic E-state index is 10.5. The molecule has 0 fully saturated rings. The third kappa shape index (κ3) is 2.42. The summed E-state index contributed by atoms with van der Waals surface area (Å²) < 4.78 is 2.16. The van der Waals surface area contributed by atoms with Crippen LogP contribution in [0.15, 0.2) is 79.0 Å². The second-order valence-electron chi connectivity index (χ2n) is 7.00. The van der Waals surface area contributed by atoms with E-state index in [1.54, 1.807) is 12.3 Å². The first-order valence-electron chi connectivity index (χ1n) is 9.17. The number of hydrogen-bond donors (Lipinski definition) is 2. The molecule has 4 nitrogen and oxygen atoms in total. The minimum atomic E-state index is 0.192. The van der Waals surface area contributed by atoms with Gasteiger partial charge in [0.1, 0.15) is 11.6 Å². The predicted molar refractivity (Wildman–Crippen MR) is 115 cm³/mol. The van der Waals surface area contributed by atoms with Crippen molar-refractivity contribution in [2.75, 3.05) is 5.73 Å². The molecule has 5 rings (SSSR count). The molecule has 0 amide bonds. The second kappa shape index (κ2) is 6.13. The largest absolute Gasteiger partial charge is 0.507 e. The molecule has 4 heteroatoms. The van der Waals surface area contributed by atoms with Crippen LogP contribution in [0.5, 0.6) is 5.75 Å². The number of aryl methyl sites for hydroxylation is 1. The second-order valence-corrected chi connectivity index (χ2v) is 7.00. The molecule has 0 aliphatic rings. The summed E-state index contributed by atoms with van der Waals surface area (Å²) in [5.41, 5.74) is 11.3. The average Bonchev–Trinajstić information content (AvgIpc) is 3.01. The summed E-state index contributed by atoms with van der Waals surface area (Å²) in [5.74, 6) is 1.06. The topological polar surface area (TPSA) is 64.1 Å². The number of phenolic OH excluding ortho intramolecular Hbond substituents is 1. The van der Waals surface area contributed by atoms with Crippen LogP contribution in [0, 0.1) is 6.92 Å². The molecule has 0 saturated heterocycles. The van der Waals surface area contributed by atoms with E-state index in [4.69, 9.17) is 5.73 Å². The van der Waals surface area contributed by atoms with Crippen molar-refractivity contribution in [2.24, 2.45) is 0 Å². The van der Waals surface area contributed by atoms with Gasteiger partial charge in [-0.05, 0) is 48.4 Å². The van der Waals surface area contributed by atoms with Gasteiger partial charge in [0.05, 0.1) is 11.0 Å². The van der Waals surface area contributed by atoms with Gasteiger partial charge in [-0.3, -0.25) is 4.57 Å². The Labute approximate surface area is 162 Å². The molecule has 0 bridgehead atoms. The van der Waals surface area contributed by atoms with Crippen LogP contribution in [0.3, 0.4) is 0 Å². The molecule has 28 heavy (non-hydrogen) atoms. The number of nitrogens with zero attached hydrogens (tertiary/aromatic N) is 2. The van der Waals surface area contributed by atoms with E-state index in [0.29, 0.717) is 5.69 Å². The highest BCUT2D eigenvalue weighted by atomic mass is 16.3. The highest BCUT2D eigenvalue weighted by Crippen LogP contribution is 2.38. The molecule has 136 valence electrons. The zero-order valence-corrected chi connectivity index (χ0v) is 15.4. The Bertz CT molecular complexity index is 1310. The highest BCUT2D eigenvalue weighted by molar-refractivity contribution is 6.10. The normalized spacial score (nSPS) is 11.3. The Morgan fingerprint density at radius 1 is 0.857 bits per heavy atom. The van der Waals surface area contributed by atoms with Gasteiger partial charge in [-0.15, -0.1) is 0 Å². The Morgan fingerprint density at radius 2 is 1.64 bits per heavy atom. The summed E-state index contributed by atoms with van der Waals surface area (Å²) in [7, 11) is 0. The van der Waals surface area contributed by atoms with Crippen molar-refractivity contribution in [3.05, 3.63) is 84.6 Å². The van der Waals surface area contributed by atoms with Crippen molar-refractivity contribution < 1.29 is 5.11 Å². The number of aromatic nitrogens is 2. The zero-order chi connectivity index (χ0) is 19.3. The van der Waals surface area contributed by atoms with Crippen LogP contribution in [-0.2, 0) is 0 Å². The fourth-order valence-corrected chi connectivity index (χ4v) is 4.03. The van der Waals surface area contributed by atoms with Crippen molar-refractivity contribution >= 4 is 27.5 Å². The molecule has 2 aromatic heterocycles. The van der Waals surface area contributed by atoms with E-state index in [1.807, 2.05) is 43.3 Å². The van der Waals surface area contributed by atoms with E-state index in [0.717, 1.165) is 38.9 Å². The molecular weight excluding hydrogens is 346 g/mol. The lowest BCUT2D eigenvalue weighted by Gasteiger charge is -2.11. The van der Waals surface area contributed by atoms with Gasteiger partial charge in [0.2, 0.25) is 0 Å². The number of hydrogen-bond acceptors (Lipinski definition) is 3. The third-order valence-corrected chi connectivity index (χ3v) is 5.18. The first-order chi connectivity index (χ1) is 13.6. The molecule has 0 radical (unpaired) electrons. The van der Waals surface area contributed by atoms with Crippen LogP contribution >= 0.6 is 0 Å². The van der Waals surface area contributed by atoms with Crippen molar-refractivity contribution in [3.8, 4) is 22.7 Å². The fourth-order valence-electron chi connectivity index (χ4n) is 4.03. The number of benzene rings is 3. The lowest BCUT2D eigenvalue weighted by atomic mass is 9.97. The Balaban J connectivity index is 1.87. The van der Waals surface area contributed by atoms with Gasteiger partial charge in [0.25, 0.3) is 0 Å². The molecule has 0 spiro atoms. The van der Waals surface area contributed by atoms with Crippen LogP contribution in [0.25, 0.3) is 38.8 Å². The van der Waals surface area contributed by atoms with Crippen molar-refractivity contribution in [3.63, 3.8) is 0 Å². The number of para-hydroxylation sites is 1. The van der Waals surface area contributed by atoms with E-state index >= 15 is 0 Å². The molecule has 0 saturated carbocycles. The van der Waals surface area contributed by atoms with Gasteiger partial charge >= 0.3 is 0 Å². The van der Waals surface area contributed by atoms with Gasteiger partial charge in [-0.1, -0.05) is 36.4 Å². The van der Waals surface area contributed by atoms with E-state index in [2.05, 4.69) is 39.9 Å². The van der Waals surface area contributed by atoms with Crippen LogP contribution < -0.4 is 5.73 Å². The molecule has 5 aromatic rings. The minimum absolute atomic E-state index is 0.192. The Morgan fingerprint density at radius 3 is 2.43 bits per heavy atom. The van der Waals surface area contributed by atoms with E-state index in [1.165, 1.54) is 5.39 Å². The SMILES string of the molecule is Cc1cc(N)cc(O)c1-c1ccc2c3ccccc3n(-c3ccccn3)c2c1. The molecule has 0 atom stereocenters. The summed E-state index contributed by atoms with van der Waals surface area (Å²) in [6.07, 6.45) is 1.80. The summed E-state index contributed by atoms with van der Waals surface area (Å²) in [6, 6.07) is 24.0. The standard InChI is InChI=1S/C24H19N3O/c1-15-12-17(25)14-22(28)24(15)16-9-10-19-18-6-2-3-7-20(18)27(21(19)13-16)23-8-4-5-11-26-23/h2-14,28H,25H2,1H3. The molecule has 2 heterocycles. The maximum absolute atomic E-state index is 10.5. The summed E-state index contributed by atoms with van der Waals surface area (Å²) in [4.78, 5) is 4.57. The summed E-state index contributed by atoms with van der Waals surface area (Å²) in [5, 5.41) is 12.8. The van der Waals surface area contributed by atoms with Crippen LogP contribution in [0.2, 0.25) is 0 Å². The molecule has 0 aliphatic carbocycles. The number of nitrogen functional groups attached to an aromatic ring is 1. The monoisotopic (exact) mass is 365 g/mol. The molecule has 0 aliphatic heterocycles. The first-order valence-corrected chi connectivity index (χ1v) is 9.17. The number of nitrogens with two attached hydrogens (primary N) is 1. The van der Waals surface area contributed by atoms with Crippen molar-refractivity contribution in [1.29, 1.82) is 0 Å². The van der Waals surface area contributed by atoms with Crippen molar-refractivity contribution in [1.82, 2.24) is 9.55 Å². The highest BCUT2D eigenvalue weighted by Gasteiger charge is 2.15. The number of pyridine rings is 1. The van der Waals surface area contributed by atoms with Crippen molar-refractivity contribution in [2.45, 2.75) is 6.92 Å². The number of fused-ring (bicyclic) bond motifs is 3. The number of rotatable bonds is 2. The Hall–Kier alpha value is -3.79. The predicted octanol–water partition coefficient (Wildman–Crippen LogP) is 5.44. The lowest BCUT2D eigenvalue weighted by Crippen LogP contribution is -1.96. The smallest absolute Gasteiger partial charge is 0.137 e. The number of aromatic hydroxyl groups is 1. The molecular formula is C24H19N3O. The van der Waals surface area contributed by atoms with Gasteiger partial charge in [0, 0.05) is 34.3 Å². The van der Waals surface area contributed by atoms with Crippen LogP contribution in [0.4, 0.5) is 5.69 Å². The van der Waals surface area contributed by atoms with Gasteiger partial charge in [-0.2, -0.15) is 0 Å². The average molecular weight is 365 g/mol. The third-order valence-electron chi connectivity index (χ3n) is 5.18. The maximum Gasteiger partial charge on any atom is 0.137 e. The van der Waals surface area contributed by atoms with E-state index in [9.17, 15) is 5.11 Å². The quantitative estimate of drug-likeness (QED) is 0.409. The number of anilines is 1.